The summed E-state index contributed by atoms with van der Waals surface area (Å²) in [6.07, 6.45) is 0.865. The van der Waals surface area contributed by atoms with Crippen molar-refractivity contribution in [1.29, 1.82) is 0 Å². The Kier molecular flexibility index (Phi) is 3.03. The molecule has 1 N–H and O–H groups in total. The second-order valence-corrected chi connectivity index (χ2v) is 5.73. The van der Waals surface area contributed by atoms with Crippen molar-refractivity contribution in [2.24, 2.45) is 0 Å². The first-order chi connectivity index (χ1) is 6.68. The van der Waals surface area contributed by atoms with Gasteiger partial charge in [0.1, 0.15) is 5.75 Å². The Balaban J connectivity index is 3.02. The number of hydrogen-bond donors (Lipinski definition) is 1. The van der Waals surface area contributed by atoms with Gasteiger partial charge in [-0.1, -0.05) is 0 Å². The minimum atomic E-state index is -4.27. The summed E-state index contributed by atoms with van der Waals surface area (Å²) >= 11 is 0. The molecule has 1 aromatic rings. The van der Waals surface area contributed by atoms with E-state index in [1.54, 1.807) is 0 Å². The fourth-order valence-electron chi connectivity index (χ4n) is 0.842. The van der Waals surface area contributed by atoms with Crippen molar-refractivity contribution >= 4 is 20.2 Å². The van der Waals surface area contributed by atoms with Crippen LogP contribution < -0.4 is 4.18 Å². The van der Waals surface area contributed by atoms with Crippen molar-refractivity contribution in [3.05, 3.63) is 24.3 Å². The van der Waals surface area contributed by atoms with Gasteiger partial charge in [0, 0.05) is 0 Å². The molecule has 15 heavy (non-hydrogen) atoms. The average Bonchev–Trinajstić information content (AvgIpc) is 2.00. The van der Waals surface area contributed by atoms with Crippen molar-refractivity contribution < 1.29 is 25.6 Å². The van der Waals surface area contributed by atoms with Gasteiger partial charge in [-0.05, 0) is 24.3 Å². The maximum absolute atomic E-state index is 10.7. The van der Waals surface area contributed by atoms with Crippen molar-refractivity contribution in [1.82, 2.24) is 0 Å². The van der Waals surface area contributed by atoms with Gasteiger partial charge >= 0.3 is 10.1 Å². The van der Waals surface area contributed by atoms with E-state index in [9.17, 15) is 16.8 Å². The molecule has 0 aliphatic carbocycles. The van der Waals surface area contributed by atoms with Crippen LogP contribution in [0.2, 0.25) is 0 Å². The zero-order valence-corrected chi connectivity index (χ0v) is 9.25. The SMILES string of the molecule is CS(=O)(=O)Oc1ccc(S(=O)(=O)O)cc1. The largest absolute Gasteiger partial charge is 0.383 e. The first-order valence-electron chi connectivity index (χ1n) is 3.65. The fourth-order valence-corrected chi connectivity index (χ4v) is 1.78. The lowest BCUT2D eigenvalue weighted by atomic mass is 10.3. The van der Waals surface area contributed by atoms with Crippen molar-refractivity contribution in [2.45, 2.75) is 4.90 Å². The number of benzene rings is 1. The first-order valence-corrected chi connectivity index (χ1v) is 6.91. The summed E-state index contributed by atoms with van der Waals surface area (Å²) in [6, 6.07) is 4.33. The van der Waals surface area contributed by atoms with Crippen LogP contribution in [-0.2, 0) is 20.2 Å². The summed E-state index contributed by atoms with van der Waals surface area (Å²) in [5.41, 5.74) is 0. The monoisotopic (exact) mass is 252 g/mol. The molecule has 0 amide bonds. The Morgan fingerprint density at radius 1 is 1.07 bits per heavy atom. The highest BCUT2D eigenvalue weighted by atomic mass is 32.2. The van der Waals surface area contributed by atoms with Crippen molar-refractivity contribution in [3.63, 3.8) is 0 Å². The van der Waals surface area contributed by atoms with E-state index < -0.39 is 20.2 Å². The molecule has 0 saturated carbocycles. The molecule has 1 aromatic carbocycles. The topological polar surface area (TPSA) is 97.7 Å². The van der Waals surface area contributed by atoms with E-state index in [0.29, 0.717) is 0 Å². The minimum Gasteiger partial charge on any atom is -0.383 e. The maximum atomic E-state index is 10.7. The molecule has 0 fully saturated rings. The van der Waals surface area contributed by atoms with E-state index in [-0.39, 0.29) is 10.6 Å². The Labute approximate surface area is 87.4 Å². The van der Waals surface area contributed by atoms with Gasteiger partial charge in [-0.15, -0.1) is 0 Å². The molecule has 0 aromatic heterocycles. The molecule has 0 aliphatic rings. The van der Waals surface area contributed by atoms with Gasteiger partial charge in [-0.2, -0.15) is 16.8 Å². The lowest BCUT2D eigenvalue weighted by Gasteiger charge is -2.02. The van der Waals surface area contributed by atoms with Crippen LogP contribution in [0.15, 0.2) is 29.2 Å². The van der Waals surface area contributed by atoms with Gasteiger partial charge in [0.25, 0.3) is 10.1 Å². The predicted molar refractivity (Wildman–Crippen MR) is 51.7 cm³/mol. The minimum absolute atomic E-state index is 0.0232. The van der Waals surface area contributed by atoms with Crippen LogP contribution in [0.4, 0.5) is 0 Å². The molecule has 0 spiro atoms. The van der Waals surface area contributed by atoms with Gasteiger partial charge in [0.05, 0.1) is 11.2 Å². The highest BCUT2D eigenvalue weighted by molar-refractivity contribution is 7.86. The third kappa shape index (κ3) is 3.86. The summed E-state index contributed by atoms with van der Waals surface area (Å²) < 4.78 is 55.7. The Morgan fingerprint density at radius 2 is 1.53 bits per heavy atom. The van der Waals surface area contributed by atoms with E-state index >= 15 is 0 Å². The third-order valence-corrected chi connectivity index (χ3v) is 2.73. The fraction of sp³-hybridized carbons (Fsp3) is 0.143. The highest BCUT2D eigenvalue weighted by Gasteiger charge is 2.10. The maximum Gasteiger partial charge on any atom is 0.306 e. The number of rotatable bonds is 3. The van der Waals surface area contributed by atoms with E-state index in [4.69, 9.17) is 4.55 Å². The van der Waals surface area contributed by atoms with Gasteiger partial charge in [-0.25, -0.2) is 0 Å². The van der Waals surface area contributed by atoms with E-state index in [2.05, 4.69) is 4.18 Å². The second kappa shape index (κ2) is 3.80. The summed E-state index contributed by atoms with van der Waals surface area (Å²) in [6.45, 7) is 0. The third-order valence-electron chi connectivity index (χ3n) is 1.37. The van der Waals surface area contributed by atoms with Gasteiger partial charge < -0.3 is 4.18 Å². The molecule has 1 rings (SSSR count). The summed E-state index contributed by atoms with van der Waals surface area (Å²) in [5.74, 6) is -0.0232. The molecule has 0 unspecified atom stereocenters. The van der Waals surface area contributed by atoms with Crippen LogP contribution in [0.25, 0.3) is 0 Å². The van der Waals surface area contributed by atoms with Gasteiger partial charge in [0.2, 0.25) is 0 Å². The molecular formula is C7H8O6S2. The molecule has 6 nitrogen and oxygen atoms in total. The normalized spacial score (nSPS) is 12.4. The molecule has 8 heteroatoms. The van der Waals surface area contributed by atoms with Crippen molar-refractivity contribution in [3.8, 4) is 5.75 Å². The zero-order chi connectivity index (χ0) is 11.7. The van der Waals surface area contributed by atoms with Crippen LogP contribution in [0, 0.1) is 0 Å². The number of hydrogen-bond acceptors (Lipinski definition) is 5. The lowest BCUT2D eigenvalue weighted by molar-refractivity contribution is 0.483. The van der Waals surface area contributed by atoms with Crippen LogP contribution in [-0.4, -0.2) is 27.6 Å². The summed E-state index contributed by atoms with van der Waals surface area (Å²) in [7, 11) is -7.91. The smallest absolute Gasteiger partial charge is 0.306 e. The average molecular weight is 252 g/mol. The van der Waals surface area contributed by atoms with Gasteiger partial charge in [0.15, 0.2) is 0 Å². The molecule has 0 heterocycles. The standard InChI is InChI=1S/C7H8O6S2/c1-14(8,9)13-6-2-4-7(5-3-6)15(10,11)12/h2-5H,1H3,(H,10,11,12). The summed E-state index contributed by atoms with van der Waals surface area (Å²) in [5, 5.41) is 0. The van der Waals surface area contributed by atoms with Crippen LogP contribution in [0.3, 0.4) is 0 Å². The van der Waals surface area contributed by atoms with Crippen LogP contribution >= 0.6 is 0 Å². The molecule has 0 atom stereocenters. The zero-order valence-electron chi connectivity index (χ0n) is 7.61. The molecule has 0 saturated heterocycles. The quantitative estimate of drug-likeness (QED) is 0.612. The first kappa shape index (κ1) is 12.0. The van der Waals surface area contributed by atoms with E-state index in [0.717, 1.165) is 30.5 Å². The van der Waals surface area contributed by atoms with Crippen molar-refractivity contribution in [2.75, 3.05) is 6.26 Å². The summed E-state index contributed by atoms with van der Waals surface area (Å²) in [4.78, 5) is -0.330. The second-order valence-electron chi connectivity index (χ2n) is 2.73. The molecule has 0 radical (unpaired) electrons. The Hall–Kier alpha value is -1.12. The molecule has 84 valence electrons. The molecule has 0 bridgehead atoms. The van der Waals surface area contributed by atoms with E-state index in [1.807, 2.05) is 0 Å². The molecule has 0 aliphatic heterocycles. The van der Waals surface area contributed by atoms with Gasteiger partial charge in [-0.3, -0.25) is 4.55 Å². The Morgan fingerprint density at radius 3 is 1.87 bits per heavy atom. The van der Waals surface area contributed by atoms with E-state index in [1.165, 1.54) is 0 Å². The predicted octanol–water partition coefficient (Wildman–Crippen LogP) is 0.272. The Bertz CT molecular complexity index is 540. The lowest BCUT2D eigenvalue weighted by Crippen LogP contribution is -2.06. The molecular weight excluding hydrogens is 244 g/mol. The highest BCUT2D eigenvalue weighted by Crippen LogP contribution is 2.16. The van der Waals surface area contributed by atoms with Crippen LogP contribution in [0.1, 0.15) is 0 Å². The van der Waals surface area contributed by atoms with Crippen LogP contribution in [0.5, 0.6) is 5.75 Å².